The van der Waals surface area contributed by atoms with Gasteiger partial charge in [-0.3, -0.25) is 14.3 Å². The Bertz CT molecular complexity index is 1200. The maximum atomic E-state index is 12.7. The summed E-state index contributed by atoms with van der Waals surface area (Å²) < 4.78 is 31.1. The van der Waals surface area contributed by atoms with E-state index in [-0.39, 0.29) is 28.4 Å². The van der Waals surface area contributed by atoms with E-state index in [9.17, 15) is 18.0 Å². The molecule has 3 rings (SSSR count). The second kappa shape index (κ2) is 7.69. The van der Waals surface area contributed by atoms with Crippen LogP contribution in [-0.2, 0) is 10.0 Å². The summed E-state index contributed by atoms with van der Waals surface area (Å²) in [5.74, 6) is -0.370. The molecule has 1 amide bonds. The van der Waals surface area contributed by atoms with Crippen LogP contribution in [0.25, 0.3) is 10.8 Å². The van der Waals surface area contributed by atoms with Gasteiger partial charge >= 0.3 is 0 Å². The van der Waals surface area contributed by atoms with Gasteiger partial charge in [0, 0.05) is 17.1 Å². The zero-order valence-corrected chi connectivity index (χ0v) is 16.0. The Morgan fingerprint density at radius 2 is 1.89 bits per heavy atom. The molecular weight excluding hydrogens is 384 g/mol. The third-order valence-corrected chi connectivity index (χ3v) is 5.31. The van der Waals surface area contributed by atoms with Gasteiger partial charge in [-0.05, 0) is 25.1 Å². The predicted molar refractivity (Wildman–Crippen MR) is 106 cm³/mol. The molecule has 0 spiro atoms. The number of ether oxygens (including phenoxy) is 1. The number of benzene rings is 2. The van der Waals surface area contributed by atoms with Crippen LogP contribution in [0.1, 0.15) is 17.4 Å². The molecule has 2 aromatic carbocycles. The average Bonchev–Trinajstić information content (AvgIpc) is 2.69. The van der Waals surface area contributed by atoms with Crippen molar-refractivity contribution in [2.75, 3.05) is 22.9 Å². The van der Waals surface area contributed by atoms with Crippen molar-refractivity contribution in [2.45, 2.75) is 6.92 Å². The summed E-state index contributed by atoms with van der Waals surface area (Å²) in [4.78, 5) is 24.5. The zero-order valence-electron chi connectivity index (χ0n) is 15.1. The smallest absolute Gasteiger partial charge is 0.276 e. The Morgan fingerprint density at radius 3 is 2.57 bits per heavy atom. The van der Waals surface area contributed by atoms with Crippen LogP contribution in [0, 0.1) is 0 Å². The van der Waals surface area contributed by atoms with Crippen molar-refractivity contribution in [3.05, 3.63) is 58.5 Å². The molecule has 0 atom stereocenters. The number of fused-ring (bicyclic) bond motifs is 1. The average molecular weight is 402 g/mol. The van der Waals surface area contributed by atoms with Crippen molar-refractivity contribution in [3.8, 4) is 5.75 Å². The van der Waals surface area contributed by atoms with Gasteiger partial charge in [0.25, 0.3) is 11.5 Å². The molecule has 0 fully saturated rings. The minimum atomic E-state index is -3.47. The number of nitrogens with one attached hydrogen (secondary N) is 3. The highest BCUT2D eigenvalue weighted by Gasteiger charge is 2.16. The number of H-pyrrole nitrogens is 1. The molecule has 3 aromatic rings. The molecule has 1 aromatic heterocycles. The summed E-state index contributed by atoms with van der Waals surface area (Å²) >= 11 is 0. The van der Waals surface area contributed by atoms with Gasteiger partial charge in [0.1, 0.15) is 5.75 Å². The van der Waals surface area contributed by atoms with E-state index in [0.717, 1.165) is 0 Å². The molecule has 0 saturated carbocycles. The van der Waals surface area contributed by atoms with Gasteiger partial charge in [0.05, 0.1) is 23.9 Å². The molecule has 1 heterocycles. The third-order valence-electron chi connectivity index (χ3n) is 4.02. The lowest BCUT2D eigenvalue weighted by Gasteiger charge is -2.13. The molecule has 0 aliphatic heterocycles. The highest BCUT2D eigenvalue weighted by Crippen LogP contribution is 2.29. The summed E-state index contributed by atoms with van der Waals surface area (Å²) in [5.41, 5.74) is 0.305. The topological polar surface area (TPSA) is 130 Å². The first kappa shape index (κ1) is 19.4. The summed E-state index contributed by atoms with van der Waals surface area (Å²) in [6.45, 7) is 1.52. The van der Waals surface area contributed by atoms with Gasteiger partial charge in [-0.1, -0.05) is 18.2 Å². The fourth-order valence-corrected chi connectivity index (χ4v) is 3.22. The minimum absolute atomic E-state index is 0.0601. The van der Waals surface area contributed by atoms with Crippen LogP contribution in [0.2, 0.25) is 0 Å². The van der Waals surface area contributed by atoms with Crippen molar-refractivity contribution >= 4 is 38.1 Å². The summed E-state index contributed by atoms with van der Waals surface area (Å²) in [5, 5.41) is 9.59. The van der Waals surface area contributed by atoms with Crippen LogP contribution >= 0.6 is 0 Å². The number of aromatic nitrogens is 2. The van der Waals surface area contributed by atoms with Gasteiger partial charge in [0.15, 0.2) is 5.69 Å². The van der Waals surface area contributed by atoms with Crippen LogP contribution in [0.5, 0.6) is 5.75 Å². The van der Waals surface area contributed by atoms with Gasteiger partial charge in [0.2, 0.25) is 10.0 Å². The molecule has 3 N–H and O–H groups in total. The lowest BCUT2D eigenvalue weighted by Crippen LogP contribution is -2.19. The molecule has 0 aliphatic rings. The van der Waals surface area contributed by atoms with Crippen molar-refractivity contribution in [1.29, 1.82) is 0 Å². The molecular formula is C18H18N4O5S. The number of carbonyl (C=O) groups is 1. The number of sulfonamides is 1. The normalized spacial score (nSPS) is 11.2. The van der Waals surface area contributed by atoms with E-state index in [0.29, 0.717) is 16.5 Å². The fourth-order valence-electron chi connectivity index (χ4n) is 2.57. The van der Waals surface area contributed by atoms with Crippen molar-refractivity contribution in [3.63, 3.8) is 0 Å². The Labute approximate surface area is 160 Å². The number of amides is 1. The number of hydrogen-bond donors (Lipinski definition) is 3. The fraction of sp³-hybridized carbons (Fsp3) is 0.167. The highest BCUT2D eigenvalue weighted by molar-refractivity contribution is 7.92. The SMILES string of the molecule is CCS(=O)(=O)Nc1ccc(NC(=O)c2n[nH]c(=O)c3ccccc23)cc1OC. The number of carbonyl (C=O) groups excluding carboxylic acids is 1. The van der Waals surface area contributed by atoms with Crippen LogP contribution in [-0.4, -0.2) is 37.4 Å². The number of anilines is 2. The van der Waals surface area contributed by atoms with Crippen LogP contribution < -0.4 is 20.3 Å². The molecule has 0 aliphatic carbocycles. The molecule has 0 bridgehead atoms. The summed E-state index contributed by atoms with van der Waals surface area (Å²) in [6.07, 6.45) is 0. The van der Waals surface area contributed by atoms with E-state index in [1.54, 1.807) is 24.3 Å². The number of rotatable bonds is 6. The van der Waals surface area contributed by atoms with E-state index in [2.05, 4.69) is 20.2 Å². The van der Waals surface area contributed by atoms with Crippen molar-refractivity contribution in [2.24, 2.45) is 0 Å². The standard InChI is InChI=1S/C18H18N4O5S/c1-3-28(25,26)22-14-9-8-11(10-15(14)27-2)19-18(24)16-12-6-4-5-7-13(12)17(23)21-20-16/h4-10,22H,3H2,1-2H3,(H,19,24)(H,21,23). The van der Waals surface area contributed by atoms with E-state index >= 15 is 0 Å². The third kappa shape index (κ3) is 3.96. The van der Waals surface area contributed by atoms with Crippen molar-refractivity contribution < 1.29 is 17.9 Å². The predicted octanol–water partition coefficient (Wildman–Crippen LogP) is 1.95. The zero-order chi connectivity index (χ0) is 20.3. The van der Waals surface area contributed by atoms with Gasteiger partial charge in [-0.25, -0.2) is 13.5 Å². The monoisotopic (exact) mass is 402 g/mol. The van der Waals surface area contributed by atoms with Crippen LogP contribution in [0.15, 0.2) is 47.3 Å². The highest BCUT2D eigenvalue weighted by atomic mass is 32.2. The Morgan fingerprint density at radius 1 is 1.18 bits per heavy atom. The molecule has 0 radical (unpaired) electrons. The second-order valence-electron chi connectivity index (χ2n) is 5.82. The quantitative estimate of drug-likeness (QED) is 0.578. The lowest BCUT2D eigenvalue weighted by molar-refractivity contribution is 0.102. The lowest BCUT2D eigenvalue weighted by atomic mass is 10.1. The minimum Gasteiger partial charge on any atom is -0.494 e. The number of methoxy groups -OCH3 is 1. The van der Waals surface area contributed by atoms with Crippen LogP contribution in [0.3, 0.4) is 0 Å². The maximum absolute atomic E-state index is 12.7. The van der Waals surface area contributed by atoms with Crippen molar-refractivity contribution in [1.82, 2.24) is 10.2 Å². The first-order valence-electron chi connectivity index (χ1n) is 8.32. The molecule has 10 heteroatoms. The molecule has 9 nitrogen and oxygen atoms in total. The number of aromatic amines is 1. The molecule has 28 heavy (non-hydrogen) atoms. The Hall–Kier alpha value is -3.40. The van der Waals surface area contributed by atoms with Gasteiger partial charge in [-0.15, -0.1) is 0 Å². The first-order valence-corrected chi connectivity index (χ1v) is 9.97. The van der Waals surface area contributed by atoms with E-state index in [1.165, 1.54) is 32.2 Å². The molecule has 0 saturated heterocycles. The largest absolute Gasteiger partial charge is 0.494 e. The molecule has 0 unspecified atom stereocenters. The Balaban J connectivity index is 1.91. The van der Waals surface area contributed by atoms with Crippen LogP contribution in [0.4, 0.5) is 11.4 Å². The van der Waals surface area contributed by atoms with Gasteiger partial charge < -0.3 is 10.1 Å². The molecule has 146 valence electrons. The summed E-state index contributed by atoms with van der Waals surface area (Å²) in [7, 11) is -2.08. The Kier molecular flexibility index (Phi) is 5.32. The van der Waals surface area contributed by atoms with E-state index < -0.39 is 15.9 Å². The van der Waals surface area contributed by atoms with Gasteiger partial charge in [-0.2, -0.15) is 5.10 Å². The van der Waals surface area contributed by atoms with E-state index in [4.69, 9.17) is 4.74 Å². The maximum Gasteiger partial charge on any atom is 0.276 e. The van der Waals surface area contributed by atoms with E-state index in [1.807, 2.05) is 0 Å². The first-order chi connectivity index (χ1) is 13.3. The summed E-state index contributed by atoms with van der Waals surface area (Å²) in [6, 6.07) is 11.1. The second-order valence-corrected chi connectivity index (χ2v) is 7.83. The number of hydrogen-bond acceptors (Lipinski definition) is 6. The number of nitrogens with zero attached hydrogens (tertiary/aromatic N) is 1.